The van der Waals surface area contributed by atoms with E-state index in [1.54, 1.807) is 53.7 Å². The van der Waals surface area contributed by atoms with Crippen molar-refractivity contribution in [1.82, 2.24) is 25.4 Å². The molecule has 49 heavy (non-hydrogen) atoms. The Balaban J connectivity index is 1.31. The normalized spacial score (nSPS) is 21.2. The van der Waals surface area contributed by atoms with Gasteiger partial charge in [-0.25, -0.2) is 8.78 Å². The summed E-state index contributed by atoms with van der Waals surface area (Å²) in [5.74, 6) is -3.30. The van der Waals surface area contributed by atoms with E-state index in [0.717, 1.165) is 12.1 Å². The summed E-state index contributed by atoms with van der Waals surface area (Å²) in [6, 6.07) is 11.9. The number of ether oxygens (including phenoxy) is 1. The van der Waals surface area contributed by atoms with Gasteiger partial charge in [-0.15, -0.1) is 0 Å². The molecule has 2 aliphatic rings. The highest BCUT2D eigenvalue weighted by Gasteiger charge is 2.38. The van der Waals surface area contributed by atoms with Gasteiger partial charge in [0, 0.05) is 62.2 Å². The van der Waals surface area contributed by atoms with Gasteiger partial charge in [0.2, 0.25) is 11.8 Å². The highest BCUT2D eigenvalue weighted by atomic mass is 19.4. The van der Waals surface area contributed by atoms with Crippen molar-refractivity contribution >= 4 is 11.8 Å². The molecule has 0 bridgehead atoms. The number of halogens is 5. The van der Waals surface area contributed by atoms with E-state index >= 15 is 0 Å². The molecule has 0 spiro atoms. The molecule has 2 amide bonds. The number of nitrogens with zero attached hydrogens (tertiary/aromatic N) is 3. The number of aliphatic hydroxyl groups is 2. The number of pyridine rings is 1. The zero-order valence-electron chi connectivity index (χ0n) is 26.5. The Morgan fingerprint density at radius 2 is 1.80 bits per heavy atom. The standard InChI is InChI=1S/C34H38F5N5O5/c35-26-7-3-8-27(36)25(26)17-43-11-12-44(28(18-43)33(48)41-20-34(37,38)39)16-23(45)14-22(13-21-5-4-10-40-15-21)32(47)42-31-24-6-1-2-9-30(24)49-19-29(31)46/h1-10,15,22-23,28-29,31,45-46H,11-14,16-20H2,(H,41,48)(H,42,47)/t22-,23+,28+,29-,31+/m1/s1. The Labute approximate surface area is 279 Å². The third-order valence-corrected chi connectivity index (χ3v) is 8.71. The van der Waals surface area contributed by atoms with E-state index in [-0.39, 0.29) is 57.7 Å². The van der Waals surface area contributed by atoms with Crippen LogP contribution in [0.2, 0.25) is 0 Å². The van der Waals surface area contributed by atoms with Crippen molar-refractivity contribution in [2.24, 2.45) is 5.92 Å². The summed E-state index contributed by atoms with van der Waals surface area (Å²) < 4.78 is 73.3. The first kappa shape index (κ1) is 36.1. The third kappa shape index (κ3) is 9.71. The number of carbonyl (C=O) groups excluding carboxylic acids is 2. The topological polar surface area (TPSA) is 127 Å². The number of hydrogen-bond donors (Lipinski definition) is 4. The minimum atomic E-state index is -4.67. The first-order chi connectivity index (χ1) is 23.4. The molecule has 3 aromatic rings. The van der Waals surface area contributed by atoms with Crippen LogP contribution in [0.25, 0.3) is 0 Å². The summed E-state index contributed by atoms with van der Waals surface area (Å²) in [6.45, 7) is -1.88. The number of benzene rings is 2. The molecule has 5 rings (SSSR count). The van der Waals surface area contributed by atoms with Crippen LogP contribution in [0, 0.1) is 17.6 Å². The minimum Gasteiger partial charge on any atom is -0.490 e. The zero-order valence-corrected chi connectivity index (χ0v) is 26.5. The van der Waals surface area contributed by atoms with Gasteiger partial charge in [-0.1, -0.05) is 30.3 Å². The lowest BCUT2D eigenvalue weighted by molar-refractivity contribution is -0.143. The fourth-order valence-corrected chi connectivity index (χ4v) is 6.25. The summed E-state index contributed by atoms with van der Waals surface area (Å²) in [6.07, 6.45) is -3.68. The van der Waals surface area contributed by atoms with Crippen LogP contribution < -0.4 is 15.4 Å². The molecule has 2 aliphatic heterocycles. The minimum absolute atomic E-state index is 0.0365. The van der Waals surface area contributed by atoms with Crippen LogP contribution in [0.4, 0.5) is 22.0 Å². The molecule has 0 aliphatic carbocycles. The molecule has 1 aromatic heterocycles. The highest BCUT2D eigenvalue weighted by molar-refractivity contribution is 5.82. The van der Waals surface area contributed by atoms with Gasteiger partial charge in [-0.3, -0.25) is 24.4 Å². The van der Waals surface area contributed by atoms with Crippen molar-refractivity contribution < 1.29 is 46.5 Å². The maximum absolute atomic E-state index is 14.4. The summed E-state index contributed by atoms with van der Waals surface area (Å²) >= 11 is 0. The highest BCUT2D eigenvalue weighted by Crippen LogP contribution is 2.32. The number of aliphatic hydroxyl groups excluding tert-OH is 2. The third-order valence-electron chi connectivity index (χ3n) is 8.71. The predicted molar refractivity (Wildman–Crippen MR) is 167 cm³/mol. The largest absolute Gasteiger partial charge is 0.490 e. The van der Waals surface area contributed by atoms with Crippen molar-refractivity contribution in [2.75, 3.05) is 39.3 Å². The second-order valence-corrected chi connectivity index (χ2v) is 12.3. The summed E-state index contributed by atoms with van der Waals surface area (Å²) in [5, 5.41) is 26.8. The van der Waals surface area contributed by atoms with Crippen LogP contribution in [0.3, 0.4) is 0 Å². The van der Waals surface area contributed by atoms with Gasteiger partial charge < -0.3 is 25.6 Å². The Kier molecular flexibility index (Phi) is 11.8. The molecule has 1 fully saturated rings. The van der Waals surface area contributed by atoms with Gasteiger partial charge in [0.25, 0.3) is 0 Å². The van der Waals surface area contributed by atoms with Crippen LogP contribution in [-0.4, -0.2) is 101 Å². The number of carbonyl (C=O) groups is 2. The Morgan fingerprint density at radius 1 is 1.04 bits per heavy atom. The van der Waals surface area contributed by atoms with E-state index in [9.17, 15) is 41.8 Å². The Hall–Kier alpha value is -4.18. The van der Waals surface area contributed by atoms with E-state index in [0.29, 0.717) is 16.9 Å². The van der Waals surface area contributed by atoms with Gasteiger partial charge in [-0.2, -0.15) is 13.2 Å². The van der Waals surface area contributed by atoms with Crippen molar-refractivity contribution in [3.8, 4) is 5.75 Å². The molecule has 0 radical (unpaired) electrons. The molecular weight excluding hydrogens is 653 g/mol. The Morgan fingerprint density at radius 3 is 2.51 bits per heavy atom. The van der Waals surface area contributed by atoms with E-state index in [4.69, 9.17) is 4.74 Å². The summed E-state index contributed by atoms with van der Waals surface area (Å²) in [7, 11) is 0. The molecule has 264 valence electrons. The second kappa shape index (κ2) is 16.0. The number of hydrogen-bond acceptors (Lipinski definition) is 8. The van der Waals surface area contributed by atoms with Crippen LogP contribution in [0.5, 0.6) is 5.75 Å². The maximum atomic E-state index is 14.4. The summed E-state index contributed by atoms with van der Waals surface area (Å²) in [4.78, 5) is 34.0. The predicted octanol–water partition coefficient (Wildman–Crippen LogP) is 2.75. The van der Waals surface area contributed by atoms with Gasteiger partial charge in [0.15, 0.2) is 0 Å². The van der Waals surface area contributed by atoms with Gasteiger partial charge in [0.05, 0.1) is 12.1 Å². The van der Waals surface area contributed by atoms with Crippen molar-refractivity contribution in [1.29, 1.82) is 0 Å². The molecule has 4 N–H and O–H groups in total. The molecule has 2 aromatic carbocycles. The number of alkyl halides is 3. The maximum Gasteiger partial charge on any atom is 0.405 e. The van der Waals surface area contributed by atoms with Gasteiger partial charge in [-0.05, 0) is 42.7 Å². The lowest BCUT2D eigenvalue weighted by Gasteiger charge is -2.41. The number of para-hydroxylation sites is 1. The molecule has 1 saturated heterocycles. The lowest BCUT2D eigenvalue weighted by Crippen LogP contribution is -2.60. The van der Waals surface area contributed by atoms with E-state index in [1.165, 1.54) is 11.0 Å². The van der Waals surface area contributed by atoms with E-state index in [1.807, 2.05) is 5.32 Å². The van der Waals surface area contributed by atoms with Crippen LogP contribution >= 0.6 is 0 Å². The zero-order chi connectivity index (χ0) is 35.1. The van der Waals surface area contributed by atoms with E-state index < -0.39 is 66.4 Å². The fourth-order valence-electron chi connectivity index (χ4n) is 6.25. The van der Waals surface area contributed by atoms with Crippen molar-refractivity contribution in [2.45, 2.75) is 49.9 Å². The number of piperazine rings is 1. The van der Waals surface area contributed by atoms with Crippen LogP contribution in [0.1, 0.15) is 29.2 Å². The summed E-state index contributed by atoms with van der Waals surface area (Å²) in [5.41, 5.74) is 1.07. The first-order valence-electron chi connectivity index (χ1n) is 15.9. The van der Waals surface area contributed by atoms with E-state index in [2.05, 4.69) is 10.3 Å². The molecule has 0 saturated carbocycles. The second-order valence-electron chi connectivity index (χ2n) is 12.3. The van der Waals surface area contributed by atoms with Crippen molar-refractivity contribution in [3.63, 3.8) is 0 Å². The number of fused-ring (bicyclic) bond motifs is 1. The average molecular weight is 692 g/mol. The molecule has 5 atom stereocenters. The van der Waals surface area contributed by atoms with Crippen LogP contribution in [0.15, 0.2) is 67.0 Å². The monoisotopic (exact) mass is 691 g/mol. The van der Waals surface area contributed by atoms with Gasteiger partial charge >= 0.3 is 6.18 Å². The molecular formula is C34H38F5N5O5. The Bertz CT molecular complexity index is 1560. The van der Waals surface area contributed by atoms with Crippen LogP contribution in [-0.2, 0) is 22.6 Å². The van der Waals surface area contributed by atoms with Crippen molar-refractivity contribution in [3.05, 3.63) is 95.3 Å². The van der Waals surface area contributed by atoms with Gasteiger partial charge in [0.1, 0.15) is 42.7 Å². The SMILES string of the molecule is O=C(N[C@H]1c2ccccc2OC[C@H]1O)[C@H](Cc1cccnc1)C[C@H](O)CN1CCN(Cc2c(F)cccc2F)C[C@H]1C(=O)NCC(F)(F)F. The smallest absolute Gasteiger partial charge is 0.405 e. The first-order valence-corrected chi connectivity index (χ1v) is 15.9. The number of nitrogens with one attached hydrogen (secondary N) is 2. The molecule has 3 heterocycles. The fraction of sp³-hybridized carbons (Fsp3) is 0.441. The molecule has 0 unspecified atom stereocenters. The quantitative estimate of drug-likeness (QED) is 0.214. The molecule has 10 nitrogen and oxygen atoms in total. The number of rotatable bonds is 12. The molecule has 15 heteroatoms. The average Bonchev–Trinajstić information content (AvgIpc) is 3.07. The number of amides is 2. The number of aromatic nitrogens is 1. The number of β-amino-alcohol motifs (C(OH)–C–C–N with tert-alkyl or cyclic N) is 1. The lowest BCUT2D eigenvalue weighted by atomic mass is 9.91.